The maximum atomic E-state index is 4.96. The van der Waals surface area contributed by atoms with Crippen LogP contribution in [-0.4, -0.2) is 51.8 Å². The van der Waals surface area contributed by atoms with E-state index in [4.69, 9.17) is 5.10 Å². The molecule has 31 heavy (non-hydrogen) atoms. The van der Waals surface area contributed by atoms with E-state index in [-0.39, 0.29) is 5.41 Å². The Labute approximate surface area is 186 Å². The summed E-state index contributed by atoms with van der Waals surface area (Å²) in [7, 11) is 4.10. The van der Waals surface area contributed by atoms with Crippen LogP contribution in [0.2, 0.25) is 0 Å². The first-order valence-corrected chi connectivity index (χ1v) is 11.7. The summed E-state index contributed by atoms with van der Waals surface area (Å²) in [6.07, 6.45) is 6.38. The van der Waals surface area contributed by atoms with Crippen LogP contribution in [0.5, 0.6) is 0 Å². The van der Waals surface area contributed by atoms with E-state index < -0.39 is 0 Å². The number of hydrogen-bond acceptors (Lipinski definition) is 6. The minimum atomic E-state index is 0.227. The summed E-state index contributed by atoms with van der Waals surface area (Å²) in [6.45, 7) is 4.23. The van der Waals surface area contributed by atoms with E-state index >= 15 is 0 Å². The van der Waals surface area contributed by atoms with E-state index in [9.17, 15) is 0 Å². The number of anilines is 1. The van der Waals surface area contributed by atoms with Crippen molar-refractivity contribution in [2.75, 3.05) is 32.1 Å². The molecule has 1 aromatic carbocycles. The Bertz CT molecular complexity index is 1260. The van der Waals surface area contributed by atoms with E-state index in [2.05, 4.69) is 68.9 Å². The van der Waals surface area contributed by atoms with Crippen LogP contribution in [0.4, 0.5) is 5.13 Å². The Kier molecular flexibility index (Phi) is 4.36. The normalized spacial score (nSPS) is 20.7. The highest BCUT2D eigenvalue weighted by atomic mass is 32.1. The lowest BCUT2D eigenvalue weighted by Gasteiger charge is -2.23. The Morgan fingerprint density at radius 1 is 1.06 bits per heavy atom. The van der Waals surface area contributed by atoms with Crippen LogP contribution < -0.4 is 4.90 Å². The molecule has 1 unspecified atom stereocenters. The van der Waals surface area contributed by atoms with Gasteiger partial charge in [0.2, 0.25) is 0 Å². The van der Waals surface area contributed by atoms with Crippen LogP contribution in [0.15, 0.2) is 48.8 Å². The standard InChI is InChI=1S/C24H26N6S/c1-28(2)23-26-14-19(31-23)15-29-9-7-24(16-29)8-10-30-22(24)12-21(27-30)18-11-17-5-3-4-6-20(17)25-13-18/h3-6,11-14H,7-10,15-16H2,1-2H3. The monoisotopic (exact) mass is 430 g/mol. The molecule has 3 aromatic heterocycles. The Hall–Kier alpha value is -2.77. The number of hydrogen-bond donors (Lipinski definition) is 0. The maximum absolute atomic E-state index is 4.96. The number of aryl methyl sites for hydroxylation is 1. The van der Waals surface area contributed by atoms with Crippen molar-refractivity contribution < 1.29 is 0 Å². The zero-order chi connectivity index (χ0) is 21.0. The third kappa shape index (κ3) is 3.23. The lowest BCUT2D eigenvalue weighted by Crippen LogP contribution is -2.28. The average molecular weight is 431 g/mol. The van der Waals surface area contributed by atoms with Gasteiger partial charge in [-0.15, -0.1) is 11.3 Å². The first-order chi connectivity index (χ1) is 15.1. The fourth-order valence-electron chi connectivity index (χ4n) is 5.12. The number of aromatic nitrogens is 4. The number of thiazole rings is 1. The predicted molar refractivity (Wildman–Crippen MR) is 126 cm³/mol. The molecule has 1 fully saturated rings. The van der Waals surface area contributed by atoms with Crippen molar-refractivity contribution in [1.82, 2.24) is 24.6 Å². The van der Waals surface area contributed by atoms with Gasteiger partial charge in [0.1, 0.15) is 0 Å². The highest BCUT2D eigenvalue weighted by molar-refractivity contribution is 7.15. The van der Waals surface area contributed by atoms with Crippen LogP contribution in [0.25, 0.3) is 22.2 Å². The van der Waals surface area contributed by atoms with E-state index in [0.29, 0.717) is 0 Å². The minimum absolute atomic E-state index is 0.227. The Balaban J connectivity index is 1.24. The van der Waals surface area contributed by atoms with Crippen LogP contribution in [0.3, 0.4) is 0 Å². The van der Waals surface area contributed by atoms with E-state index in [1.807, 2.05) is 18.5 Å². The smallest absolute Gasteiger partial charge is 0.185 e. The molecule has 158 valence electrons. The summed E-state index contributed by atoms with van der Waals surface area (Å²) in [4.78, 5) is 15.2. The number of nitrogens with zero attached hydrogens (tertiary/aromatic N) is 6. The number of benzene rings is 1. The SMILES string of the molecule is CN(C)c1ncc(CN2CCC3(CCn4nc(-c5cnc6ccccc6c5)cc43)C2)s1. The van der Waals surface area contributed by atoms with Crippen molar-refractivity contribution in [3.63, 3.8) is 0 Å². The van der Waals surface area contributed by atoms with Crippen molar-refractivity contribution in [2.24, 2.45) is 0 Å². The Morgan fingerprint density at radius 2 is 1.94 bits per heavy atom. The topological polar surface area (TPSA) is 50.1 Å². The molecule has 2 aliphatic rings. The number of para-hydroxylation sites is 1. The summed E-state index contributed by atoms with van der Waals surface area (Å²) < 4.78 is 2.24. The van der Waals surface area contributed by atoms with Crippen molar-refractivity contribution in [3.05, 3.63) is 59.4 Å². The predicted octanol–water partition coefficient (Wildman–Crippen LogP) is 4.17. The van der Waals surface area contributed by atoms with E-state index in [1.54, 1.807) is 11.3 Å². The van der Waals surface area contributed by atoms with Crippen LogP contribution in [-0.2, 0) is 18.5 Å². The molecule has 7 heteroatoms. The van der Waals surface area contributed by atoms with Gasteiger partial charge in [0.05, 0.1) is 11.2 Å². The highest BCUT2D eigenvalue weighted by Gasteiger charge is 2.45. The molecule has 0 radical (unpaired) electrons. The van der Waals surface area contributed by atoms with Gasteiger partial charge in [-0.2, -0.15) is 5.10 Å². The third-order valence-corrected chi connectivity index (χ3v) is 7.90. The molecule has 1 atom stereocenters. The fraction of sp³-hybridized carbons (Fsp3) is 0.375. The summed E-state index contributed by atoms with van der Waals surface area (Å²) in [5.41, 5.74) is 4.80. The van der Waals surface area contributed by atoms with E-state index in [1.165, 1.54) is 23.4 Å². The second kappa shape index (κ2) is 7.14. The Morgan fingerprint density at radius 3 is 2.81 bits per heavy atom. The van der Waals surface area contributed by atoms with Gasteiger partial charge in [0, 0.05) is 73.1 Å². The van der Waals surface area contributed by atoms with Gasteiger partial charge in [-0.05, 0) is 37.6 Å². The fourth-order valence-corrected chi connectivity index (χ4v) is 5.99. The average Bonchev–Trinajstić information content (AvgIpc) is 3.55. The number of fused-ring (bicyclic) bond motifs is 3. The number of pyridine rings is 1. The molecule has 6 rings (SSSR count). The van der Waals surface area contributed by atoms with Crippen LogP contribution in [0.1, 0.15) is 23.4 Å². The second-order valence-electron chi connectivity index (χ2n) is 9.05. The maximum Gasteiger partial charge on any atom is 0.185 e. The van der Waals surface area contributed by atoms with E-state index in [0.717, 1.165) is 53.5 Å². The zero-order valence-electron chi connectivity index (χ0n) is 18.0. The van der Waals surface area contributed by atoms with Gasteiger partial charge in [-0.25, -0.2) is 4.98 Å². The largest absolute Gasteiger partial charge is 0.354 e. The molecule has 4 aromatic rings. The lowest BCUT2D eigenvalue weighted by molar-refractivity contribution is 0.304. The lowest BCUT2D eigenvalue weighted by atomic mass is 9.82. The summed E-state index contributed by atoms with van der Waals surface area (Å²) in [5.74, 6) is 0. The molecule has 0 amide bonds. The zero-order valence-corrected chi connectivity index (χ0v) is 18.8. The number of likely N-dealkylation sites (tertiary alicyclic amines) is 1. The molecule has 0 bridgehead atoms. The molecular formula is C24H26N6S. The number of rotatable bonds is 4. The van der Waals surface area contributed by atoms with Crippen molar-refractivity contribution >= 4 is 27.4 Å². The van der Waals surface area contributed by atoms with Gasteiger partial charge in [0.15, 0.2) is 5.13 Å². The quantitative estimate of drug-likeness (QED) is 0.486. The molecule has 2 aliphatic heterocycles. The highest BCUT2D eigenvalue weighted by Crippen LogP contribution is 2.44. The van der Waals surface area contributed by atoms with Gasteiger partial charge < -0.3 is 4.90 Å². The molecule has 1 spiro atoms. The van der Waals surface area contributed by atoms with Crippen molar-refractivity contribution in [2.45, 2.75) is 31.3 Å². The second-order valence-corrected chi connectivity index (χ2v) is 10.1. The van der Waals surface area contributed by atoms with Gasteiger partial charge >= 0.3 is 0 Å². The summed E-state index contributed by atoms with van der Waals surface area (Å²) >= 11 is 1.80. The van der Waals surface area contributed by atoms with Crippen molar-refractivity contribution in [3.8, 4) is 11.3 Å². The molecule has 0 N–H and O–H groups in total. The third-order valence-electron chi connectivity index (χ3n) is 6.75. The molecule has 5 heterocycles. The molecule has 0 saturated carbocycles. The van der Waals surface area contributed by atoms with Crippen molar-refractivity contribution in [1.29, 1.82) is 0 Å². The van der Waals surface area contributed by atoms with Gasteiger partial charge in [-0.1, -0.05) is 18.2 Å². The van der Waals surface area contributed by atoms with Gasteiger partial charge in [0.25, 0.3) is 0 Å². The van der Waals surface area contributed by atoms with Gasteiger partial charge in [-0.3, -0.25) is 14.6 Å². The summed E-state index contributed by atoms with van der Waals surface area (Å²) in [6, 6.07) is 12.8. The van der Waals surface area contributed by atoms with Crippen LogP contribution >= 0.6 is 11.3 Å². The minimum Gasteiger partial charge on any atom is -0.354 e. The van der Waals surface area contributed by atoms with Crippen LogP contribution in [0, 0.1) is 0 Å². The molecule has 1 saturated heterocycles. The molecule has 6 nitrogen and oxygen atoms in total. The molecule has 0 aliphatic carbocycles. The molecular weight excluding hydrogens is 404 g/mol. The first kappa shape index (κ1) is 19.0. The summed E-state index contributed by atoms with van der Waals surface area (Å²) in [5, 5.41) is 7.21. The first-order valence-electron chi connectivity index (χ1n) is 10.9.